The molecule has 1 fully saturated rings. The number of carbonyl (C=O) groups excluding carboxylic acids is 1. The van der Waals surface area contributed by atoms with Crippen molar-refractivity contribution in [1.29, 1.82) is 0 Å². The summed E-state index contributed by atoms with van der Waals surface area (Å²) in [5.41, 5.74) is 1.81. The van der Waals surface area contributed by atoms with Crippen molar-refractivity contribution in [1.82, 2.24) is 15.2 Å². The van der Waals surface area contributed by atoms with Crippen molar-refractivity contribution in [3.63, 3.8) is 0 Å². The second-order valence-electron chi connectivity index (χ2n) is 7.40. The summed E-state index contributed by atoms with van der Waals surface area (Å²) >= 11 is 3.06. The first-order valence-electron chi connectivity index (χ1n) is 10.4. The summed E-state index contributed by atoms with van der Waals surface area (Å²) in [6.45, 7) is 5.32. The number of thiophene rings is 1. The van der Waals surface area contributed by atoms with Gasteiger partial charge in [0.15, 0.2) is 11.5 Å². The number of hydrogen-bond acceptors (Lipinski definition) is 8. The molecule has 4 rings (SSSR count). The minimum absolute atomic E-state index is 0.00681. The number of aryl methyl sites for hydroxylation is 1. The van der Waals surface area contributed by atoms with Gasteiger partial charge in [-0.05, 0) is 36.1 Å². The molecule has 7 nitrogen and oxygen atoms in total. The van der Waals surface area contributed by atoms with Crippen LogP contribution < -0.4 is 14.8 Å². The van der Waals surface area contributed by atoms with Gasteiger partial charge in [0.1, 0.15) is 9.88 Å². The van der Waals surface area contributed by atoms with Crippen molar-refractivity contribution in [2.75, 3.05) is 47.1 Å². The Labute approximate surface area is 196 Å². The zero-order chi connectivity index (χ0) is 22.5. The first kappa shape index (κ1) is 22.7. The van der Waals surface area contributed by atoms with E-state index in [1.165, 1.54) is 11.3 Å². The van der Waals surface area contributed by atoms with Gasteiger partial charge in [0.05, 0.1) is 44.0 Å². The van der Waals surface area contributed by atoms with Crippen molar-refractivity contribution < 1.29 is 19.0 Å². The Morgan fingerprint density at radius 1 is 1.22 bits per heavy atom. The Hall–Kier alpha value is -2.46. The number of thiazole rings is 1. The molecule has 1 amide bonds. The lowest BCUT2D eigenvalue weighted by Crippen LogP contribution is -2.43. The van der Waals surface area contributed by atoms with Crippen LogP contribution >= 0.6 is 22.7 Å². The summed E-state index contributed by atoms with van der Waals surface area (Å²) in [7, 11) is 3.25. The second-order valence-corrected chi connectivity index (χ2v) is 9.35. The number of hydrogen-bond donors (Lipinski definition) is 1. The van der Waals surface area contributed by atoms with Crippen molar-refractivity contribution in [2.45, 2.75) is 13.0 Å². The van der Waals surface area contributed by atoms with Gasteiger partial charge in [0.2, 0.25) is 0 Å². The van der Waals surface area contributed by atoms with E-state index in [2.05, 4.69) is 15.2 Å². The zero-order valence-corrected chi connectivity index (χ0v) is 20.1. The number of morpholine rings is 1. The van der Waals surface area contributed by atoms with Gasteiger partial charge in [-0.3, -0.25) is 9.69 Å². The van der Waals surface area contributed by atoms with Gasteiger partial charge < -0.3 is 19.5 Å². The van der Waals surface area contributed by atoms with E-state index in [0.29, 0.717) is 36.1 Å². The summed E-state index contributed by atoms with van der Waals surface area (Å²) in [4.78, 5) is 21.7. The van der Waals surface area contributed by atoms with Crippen LogP contribution in [0.25, 0.3) is 9.88 Å². The summed E-state index contributed by atoms with van der Waals surface area (Å²) in [6, 6.07) is 9.93. The third kappa shape index (κ3) is 4.96. The normalized spacial score (nSPS) is 15.3. The molecule has 1 aliphatic rings. The van der Waals surface area contributed by atoms with Crippen LogP contribution in [0.1, 0.15) is 27.0 Å². The molecular formula is C23H27N3O4S2. The molecule has 1 aliphatic heterocycles. The van der Waals surface area contributed by atoms with E-state index in [9.17, 15) is 4.79 Å². The van der Waals surface area contributed by atoms with Gasteiger partial charge in [-0.25, -0.2) is 4.98 Å². The molecule has 32 heavy (non-hydrogen) atoms. The van der Waals surface area contributed by atoms with Crippen LogP contribution in [-0.4, -0.2) is 62.9 Å². The summed E-state index contributed by atoms with van der Waals surface area (Å²) < 4.78 is 16.4. The van der Waals surface area contributed by atoms with Crippen LogP contribution in [0, 0.1) is 6.92 Å². The lowest BCUT2D eigenvalue weighted by molar-refractivity contribution is 0.0162. The first-order chi connectivity index (χ1) is 15.6. The Morgan fingerprint density at radius 3 is 2.69 bits per heavy atom. The third-order valence-corrected chi connectivity index (χ3v) is 7.66. The van der Waals surface area contributed by atoms with E-state index >= 15 is 0 Å². The lowest BCUT2D eigenvalue weighted by atomic mass is 10.0. The van der Waals surface area contributed by atoms with Gasteiger partial charge >= 0.3 is 0 Å². The fraction of sp³-hybridized carbons (Fsp3) is 0.391. The number of ether oxygens (including phenoxy) is 3. The Kier molecular flexibility index (Phi) is 7.41. The Bertz CT molecular complexity index is 1050. The molecule has 3 heterocycles. The molecule has 170 valence electrons. The van der Waals surface area contributed by atoms with Crippen LogP contribution in [0.5, 0.6) is 11.5 Å². The number of aromatic nitrogens is 1. The maximum atomic E-state index is 13.1. The van der Waals surface area contributed by atoms with E-state index in [-0.39, 0.29) is 11.9 Å². The molecule has 1 N–H and O–H groups in total. The Balaban J connectivity index is 1.53. The average Bonchev–Trinajstić information content (AvgIpc) is 3.49. The van der Waals surface area contributed by atoms with Crippen LogP contribution in [0.2, 0.25) is 0 Å². The molecule has 0 bridgehead atoms. The molecule has 1 atom stereocenters. The maximum Gasteiger partial charge on any atom is 0.263 e. The van der Waals surface area contributed by atoms with Crippen LogP contribution in [0.4, 0.5) is 0 Å². The average molecular weight is 474 g/mol. The van der Waals surface area contributed by atoms with Crippen LogP contribution in [0.15, 0.2) is 35.7 Å². The molecule has 0 aliphatic carbocycles. The predicted octanol–water partition coefficient (Wildman–Crippen LogP) is 4.00. The molecule has 1 saturated heterocycles. The van der Waals surface area contributed by atoms with E-state index in [4.69, 9.17) is 14.2 Å². The highest BCUT2D eigenvalue weighted by Crippen LogP contribution is 2.33. The third-order valence-electron chi connectivity index (χ3n) is 5.47. The zero-order valence-electron chi connectivity index (χ0n) is 18.4. The molecule has 0 radical (unpaired) electrons. The van der Waals surface area contributed by atoms with E-state index < -0.39 is 0 Å². The highest BCUT2D eigenvalue weighted by atomic mass is 32.1. The number of carbonyl (C=O) groups is 1. The largest absolute Gasteiger partial charge is 0.493 e. The summed E-state index contributed by atoms with van der Waals surface area (Å²) in [5.74, 6) is 1.26. The predicted molar refractivity (Wildman–Crippen MR) is 127 cm³/mol. The number of nitrogens with one attached hydrogen (secondary N) is 1. The van der Waals surface area contributed by atoms with E-state index in [1.54, 1.807) is 25.6 Å². The minimum Gasteiger partial charge on any atom is -0.493 e. The van der Waals surface area contributed by atoms with Crippen molar-refractivity contribution >= 4 is 28.6 Å². The van der Waals surface area contributed by atoms with Crippen LogP contribution in [-0.2, 0) is 4.74 Å². The molecule has 0 spiro atoms. The van der Waals surface area contributed by atoms with Gasteiger partial charge in [0, 0.05) is 19.6 Å². The molecule has 3 aromatic rings. The molecular weight excluding hydrogens is 446 g/mol. The fourth-order valence-electron chi connectivity index (χ4n) is 3.79. The molecule has 9 heteroatoms. The van der Waals surface area contributed by atoms with Crippen molar-refractivity contribution in [3.05, 3.63) is 51.8 Å². The van der Waals surface area contributed by atoms with Crippen LogP contribution in [0.3, 0.4) is 0 Å². The van der Waals surface area contributed by atoms with Gasteiger partial charge in [-0.15, -0.1) is 22.7 Å². The summed E-state index contributed by atoms with van der Waals surface area (Å²) in [5, 5.41) is 6.04. The smallest absolute Gasteiger partial charge is 0.263 e. The van der Waals surface area contributed by atoms with E-state index in [0.717, 1.165) is 34.2 Å². The van der Waals surface area contributed by atoms with Gasteiger partial charge in [-0.1, -0.05) is 12.1 Å². The summed E-state index contributed by atoms with van der Waals surface area (Å²) in [6.07, 6.45) is 0. The quantitative estimate of drug-likeness (QED) is 0.533. The molecule has 1 unspecified atom stereocenters. The monoisotopic (exact) mass is 473 g/mol. The van der Waals surface area contributed by atoms with Crippen molar-refractivity contribution in [2.24, 2.45) is 0 Å². The van der Waals surface area contributed by atoms with Gasteiger partial charge in [-0.2, -0.15) is 0 Å². The number of methoxy groups -OCH3 is 2. The molecule has 1 aromatic carbocycles. The Morgan fingerprint density at radius 2 is 2.00 bits per heavy atom. The first-order valence-corrected chi connectivity index (χ1v) is 12.1. The topological polar surface area (TPSA) is 72.9 Å². The standard InChI is InChI=1S/C23H27N3O4S2/c1-15-21(32-23(25-15)20-5-4-12-31-20)22(27)24-14-17(26-8-10-30-11-9-26)16-6-7-18(28-2)19(13-16)29-3/h4-7,12-13,17H,8-11,14H2,1-3H3,(H,24,27). The molecule has 0 saturated carbocycles. The fourth-order valence-corrected chi connectivity index (χ4v) is 5.57. The highest BCUT2D eigenvalue weighted by molar-refractivity contribution is 7.22. The van der Waals surface area contributed by atoms with Crippen molar-refractivity contribution in [3.8, 4) is 21.4 Å². The highest BCUT2D eigenvalue weighted by Gasteiger charge is 2.25. The number of benzene rings is 1. The molecule has 2 aromatic heterocycles. The minimum atomic E-state index is -0.0958. The number of nitrogens with zero attached hydrogens (tertiary/aromatic N) is 2. The number of amides is 1. The second kappa shape index (κ2) is 10.4. The number of rotatable bonds is 8. The van der Waals surface area contributed by atoms with E-state index in [1.807, 2.05) is 42.6 Å². The lowest BCUT2D eigenvalue weighted by Gasteiger charge is -2.35. The maximum absolute atomic E-state index is 13.1. The van der Waals surface area contributed by atoms with Gasteiger partial charge in [0.25, 0.3) is 5.91 Å². The SMILES string of the molecule is COc1ccc(C(CNC(=O)c2sc(-c3cccs3)nc2C)N2CCOCC2)cc1OC.